The van der Waals surface area contributed by atoms with E-state index in [2.05, 4.69) is 13.8 Å². The number of carbonyl (C=O) groups is 1. The van der Waals surface area contributed by atoms with E-state index in [0.29, 0.717) is 12.2 Å². The van der Waals surface area contributed by atoms with Crippen molar-refractivity contribution in [2.45, 2.75) is 25.2 Å². The van der Waals surface area contributed by atoms with Gasteiger partial charge in [-0.25, -0.2) is 0 Å². The van der Waals surface area contributed by atoms with Crippen LogP contribution in [-0.4, -0.2) is 17.0 Å². The molecule has 0 aliphatic carbocycles. The van der Waals surface area contributed by atoms with Gasteiger partial charge in [0.05, 0.1) is 10.5 Å². The van der Waals surface area contributed by atoms with E-state index in [0.717, 1.165) is 17.1 Å². The fraction of sp³-hybridized carbons (Fsp3) is 0.417. The van der Waals surface area contributed by atoms with E-state index in [1.54, 1.807) is 23.9 Å². The van der Waals surface area contributed by atoms with Gasteiger partial charge in [-0.3, -0.25) is 14.9 Å². The summed E-state index contributed by atoms with van der Waals surface area (Å²) in [6.07, 6.45) is 1.63. The zero-order valence-corrected chi connectivity index (χ0v) is 10.7. The lowest BCUT2D eigenvalue weighted by molar-refractivity contribution is -0.385. The molecule has 1 aromatic carbocycles. The third-order valence-corrected chi connectivity index (χ3v) is 3.88. The monoisotopic (exact) mass is 253 g/mol. The van der Waals surface area contributed by atoms with Crippen LogP contribution in [0.3, 0.4) is 0 Å². The van der Waals surface area contributed by atoms with Crippen LogP contribution in [0.2, 0.25) is 0 Å². The number of nitro groups is 1. The number of benzene rings is 1. The van der Waals surface area contributed by atoms with Crippen molar-refractivity contribution in [1.82, 2.24) is 0 Å². The van der Waals surface area contributed by atoms with Crippen LogP contribution in [-0.2, 0) is 0 Å². The van der Waals surface area contributed by atoms with Crippen LogP contribution < -0.4 is 0 Å². The molecule has 17 heavy (non-hydrogen) atoms. The highest BCUT2D eigenvalue weighted by Crippen LogP contribution is 2.26. The number of hydrogen-bond donors (Lipinski definition) is 0. The molecule has 0 aliphatic heterocycles. The summed E-state index contributed by atoms with van der Waals surface area (Å²) in [6.45, 7) is 4.27. The second-order valence-corrected chi connectivity index (χ2v) is 5.01. The van der Waals surface area contributed by atoms with Crippen LogP contribution in [0.15, 0.2) is 23.1 Å². The Bertz CT molecular complexity index is 420. The number of aldehydes is 1. The van der Waals surface area contributed by atoms with Crippen LogP contribution in [0.1, 0.15) is 30.6 Å². The molecular weight excluding hydrogens is 238 g/mol. The van der Waals surface area contributed by atoms with E-state index in [9.17, 15) is 14.9 Å². The van der Waals surface area contributed by atoms with Crippen molar-refractivity contribution in [3.63, 3.8) is 0 Å². The third-order valence-electron chi connectivity index (χ3n) is 2.55. The maximum atomic E-state index is 10.8. The number of carbonyl (C=O) groups excluding carboxylic acids is 1. The van der Waals surface area contributed by atoms with Gasteiger partial charge in [0.25, 0.3) is 5.69 Å². The first kappa shape index (κ1) is 13.7. The summed E-state index contributed by atoms with van der Waals surface area (Å²) in [6, 6.07) is 4.67. The minimum Gasteiger partial charge on any atom is -0.298 e. The molecule has 1 unspecified atom stereocenters. The van der Waals surface area contributed by atoms with Gasteiger partial charge in [-0.15, -0.1) is 11.8 Å². The van der Waals surface area contributed by atoms with Gasteiger partial charge >= 0.3 is 0 Å². The van der Waals surface area contributed by atoms with E-state index in [4.69, 9.17) is 0 Å². The lowest BCUT2D eigenvalue weighted by Gasteiger charge is -2.07. The SMILES string of the molecule is CCC(C)CSc1ccc([N+](=O)[O-])c(C=O)c1. The molecule has 0 radical (unpaired) electrons. The van der Waals surface area contributed by atoms with Crippen LogP contribution in [0, 0.1) is 16.0 Å². The molecule has 0 bridgehead atoms. The molecule has 0 aromatic heterocycles. The number of hydrogen-bond acceptors (Lipinski definition) is 4. The number of nitro benzene ring substituents is 1. The first-order valence-corrected chi connectivity index (χ1v) is 6.43. The standard InChI is InChI=1S/C12H15NO3S/c1-3-9(2)8-17-11-4-5-12(13(15)16)10(6-11)7-14/h4-7,9H,3,8H2,1-2H3. The van der Waals surface area contributed by atoms with Gasteiger partial charge in [-0.05, 0) is 18.1 Å². The Hall–Kier alpha value is -1.36. The van der Waals surface area contributed by atoms with Gasteiger partial charge in [-0.2, -0.15) is 0 Å². The van der Waals surface area contributed by atoms with Gasteiger partial charge in [0, 0.05) is 16.7 Å². The molecule has 0 aliphatic rings. The van der Waals surface area contributed by atoms with Gasteiger partial charge in [-0.1, -0.05) is 20.3 Å². The Morgan fingerprint density at radius 1 is 1.53 bits per heavy atom. The smallest absolute Gasteiger partial charge is 0.279 e. The van der Waals surface area contributed by atoms with Gasteiger partial charge in [0.1, 0.15) is 0 Å². The minimum atomic E-state index is -0.535. The van der Waals surface area contributed by atoms with Crippen molar-refractivity contribution < 1.29 is 9.72 Å². The molecule has 0 saturated carbocycles. The Morgan fingerprint density at radius 2 is 2.24 bits per heavy atom. The molecule has 1 atom stereocenters. The van der Waals surface area contributed by atoms with Crippen molar-refractivity contribution in [3.8, 4) is 0 Å². The molecule has 4 nitrogen and oxygen atoms in total. The van der Waals surface area contributed by atoms with Crippen LogP contribution in [0.4, 0.5) is 5.69 Å². The number of rotatable bonds is 6. The summed E-state index contributed by atoms with van der Waals surface area (Å²) in [5.74, 6) is 1.54. The highest BCUT2D eigenvalue weighted by atomic mass is 32.2. The molecule has 0 N–H and O–H groups in total. The number of nitrogens with zero attached hydrogens (tertiary/aromatic N) is 1. The minimum absolute atomic E-state index is 0.132. The van der Waals surface area contributed by atoms with Gasteiger partial charge in [0.15, 0.2) is 6.29 Å². The molecule has 5 heteroatoms. The molecular formula is C12H15NO3S. The van der Waals surface area contributed by atoms with Gasteiger partial charge in [0.2, 0.25) is 0 Å². The molecule has 0 amide bonds. The maximum Gasteiger partial charge on any atom is 0.279 e. The first-order valence-electron chi connectivity index (χ1n) is 5.44. The van der Waals surface area contributed by atoms with Crippen LogP contribution >= 0.6 is 11.8 Å². The Balaban J connectivity index is 2.83. The topological polar surface area (TPSA) is 60.2 Å². The summed E-state index contributed by atoms with van der Waals surface area (Å²) >= 11 is 1.62. The predicted molar refractivity (Wildman–Crippen MR) is 68.7 cm³/mol. The molecule has 92 valence electrons. The normalized spacial score (nSPS) is 12.1. The van der Waals surface area contributed by atoms with E-state index in [1.165, 1.54) is 6.07 Å². The fourth-order valence-electron chi connectivity index (χ4n) is 1.24. The summed E-state index contributed by atoms with van der Waals surface area (Å²) in [5, 5.41) is 10.6. The van der Waals surface area contributed by atoms with E-state index < -0.39 is 4.92 Å². The summed E-state index contributed by atoms with van der Waals surface area (Å²) in [7, 11) is 0. The molecule has 0 fully saturated rings. The average molecular weight is 253 g/mol. The lowest BCUT2D eigenvalue weighted by Crippen LogP contribution is -1.97. The summed E-state index contributed by atoms with van der Waals surface area (Å²) in [4.78, 5) is 21.8. The zero-order valence-electron chi connectivity index (χ0n) is 9.88. The summed E-state index contributed by atoms with van der Waals surface area (Å²) < 4.78 is 0. The average Bonchev–Trinajstić information content (AvgIpc) is 2.35. The lowest BCUT2D eigenvalue weighted by atomic mass is 10.2. The number of thioether (sulfide) groups is 1. The van der Waals surface area contributed by atoms with Crippen molar-refractivity contribution in [3.05, 3.63) is 33.9 Å². The van der Waals surface area contributed by atoms with Crippen LogP contribution in [0.5, 0.6) is 0 Å². The molecule has 1 rings (SSSR count). The maximum absolute atomic E-state index is 10.8. The Kier molecular flexibility index (Phi) is 5.15. The Labute approximate surface area is 105 Å². The zero-order chi connectivity index (χ0) is 12.8. The molecule has 0 spiro atoms. The quantitative estimate of drug-likeness (QED) is 0.336. The van der Waals surface area contributed by atoms with Crippen molar-refractivity contribution in [2.75, 3.05) is 5.75 Å². The van der Waals surface area contributed by atoms with Crippen LogP contribution in [0.25, 0.3) is 0 Å². The molecule has 0 heterocycles. The van der Waals surface area contributed by atoms with Crippen molar-refractivity contribution in [2.24, 2.45) is 5.92 Å². The Morgan fingerprint density at radius 3 is 2.76 bits per heavy atom. The van der Waals surface area contributed by atoms with Crippen molar-refractivity contribution >= 4 is 23.7 Å². The van der Waals surface area contributed by atoms with E-state index in [1.807, 2.05) is 0 Å². The second kappa shape index (κ2) is 6.39. The van der Waals surface area contributed by atoms with Crippen molar-refractivity contribution in [1.29, 1.82) is 0 Å². The molecule has 0 saturated heterocycles. The second-order valence-electron chi connectivity index (χ2n) is 3.92. The highest BCUT2D eigenvalue weighted by Gasteiger charge is 2.13. The fourth-order valence-corrected chi connectivity index (χ4v) is 2.33. The third kappa shape index (κ3) is 3.85. The van der Waals surface area contributed by atoms with E-state index in [-0.39, 0.29) is 11.3 Å². The predicted octanol–water partition coefficient (Wildman–Crippen LogP) is 3.55. The summed E-state index contributed by atoms with van der Waals surface area (Å²) in [5.41, 5.74) is 0.0111. The first-order chi connectivity index (χ1) is 8.08. The van der Waals surface area contributed by atoms with E-state index >= 15 is 0 Å². The van der Waals surface area contributed by atoms with Gasteiger partial charge < -0.3 is 0 Å². The molecule has 1 aromatic rings. The highest BCUT2D eigenvalue weighted by molar-refractivity contribution is 7.99. The largest absolute Gasteiger partial charge is 0.298 e.